The lowest BCUT2D eigenvalue weighted by atomic mass is 10.4. The lowest BCUT2D eigenvalue weighted by molar-refractivity contribution is 0.942. The molecule has 0 spiro atoms. The Morgan fingerprint density at radius 1 is 1.58 bits per heavy atom. The van der Waals surface area contributed by atoms with Crippen LogP contribution in [-0.2, 0) is 0 Å². The van der Waals surface area contributed by atoms with E-state index in [4.69, 9.17) is 18.0 Å². The van der Waals surface area contributed by atoms with E-state index in [2.05, 4.69) is 26.4 Å². The lowest BCUT2D eigenvalue weighted by Crippen LogP contribution is -2.05. The topological polar surface area (TPSA) is 50.7 Å². The first kappa shape index (κ1) is 8.75. The molecular formula is C7H7ClN4. The van der Waals surface area contributed by atoms with Gasteiger partial charge in [-0.2, -0.15) is 0 Å². The van der Waals surface area contributed by atoms with Gasteiger partial charge in [-0.05, 0) is 0 Å². The molecule has 0 aliphatic heterocycles. The number of terminal acetylenes is 1. The van der Waals surface area contributed by atoms with Crippen LogP contribution in [0.3, 0.4) is 0 Å². The average molecular weight is 183 g/mol. The van der Waals surface area contributed by atoms with Crippen molar-refractivity contribution in [2.24, 2.45) is 0 Å². The van der Waals surface area contributed by atoms with Gasteiger partial charge < -0.3 is 5.32 Å². The van der Waals surface area contributed by atoms with Gasteiger partial charge in [-0.1, -0.05) is 11.6 Å². The molecule has 5 heteroatoms. The summed E-state index contributed by atoms with van der Waals surface area (Å²) in [5, 5.41) is 10.4. The Morgan fingerprint density at radius 3 is 3.00 bits per heavy atom. The molecule has 0 unspecified atom stereocenters. The van der Waals surface area contributed by atoms with E-state index in [0.29, 0.717) is 18.9 Å². The third-order valence-corrected chi connectivity index (χ3v) is 1.26. The first-order valence-electron chi connectivity index (χ1n) is 3.35. The number of nitrogens with one attached hydrogen (secondary N) is 1. The minimum atomic E-state index is 0.275. The summed E-state index contributed by atoms with van der Waals surface area (Å²) in [4.78, 5) is 3.86. The average Bonchev–Trinajstić information content (AvgIpc) is 2.09. The van der Waals surface area contributed by atoms with Crippen LogP contribution >= 0.6 is 11.6 Å². The number of nitrogens with zero attached hydrogens (tertiary/aromatic N) is 3. The van der Waals surface area contributed by atoms with Gasteiger partial charge in [0.2, 0.25) is 5.95 Å². The molecule has 0 bridgehead atoms. The summed E-state index contributed by atoms with van der Waals surface area (Å²) in [7, 11) is 0. The standard InChI is InChI=1S/C7H7ClN4/c1-2-3-4-9-7-10-5-6(8)11-12-7/h1,5H,3-4H2,(H,9,10,12). The van der Waals surface area contributed by atoms with Gasteiger partial charge in [0.05, 0.1) is 6.20 Å². The smallest absolute Gasteiger partial charge is 0.242 e. The fraction of sp³-hybridized carbons (Fsp3) is 0.286. The molecule has 0 aliphatic carbocycles. The van der Waals surface area contributed by atoms with Crippen LogP contribution in [-0.4, -0.2) is 21.7 Å². The molecular weight excluding hydrogens is 176 g/mol. The van der Waals surface area contributed by atoms with Crippen LogP contribution in [0, 0.1) is 12.3 Å². The highest BCUT2D eigenvalue weighted by atomic mass is 35.5. The molecule has 62 valence electrons. The molecule has 0 atom stereocenters. The van der Waals surface area contributed by atoms with E-state index in [1.807, 2.05) is 0 Å². The van der Waals surface area contributed by atoms with Crippen molar-refractivity contribution in [1.29, 1.82) is 0 Å². The molecule has 1 N–H and O–H groups in total. The van der Waals surface area contributed by atoms with Gasteiger partial charge in [-0.25, -0.2) is 4.98 Å². The Balaban J connectivity index is 2.43. The van der Waals surface area contributed by atoms with Gasteiger partial charge in [0.1, 0.15) is 0 Å². The maximum Gasteiger partial charge on any atom is 0.242 e. The second-order valence-electron chi connectivity index (χ2n) is 1.99. The van der Waals surface area contributed by atoms with E-state index in [1.54, 1.807) is 0 Å². The Kier molecular flexibility index (Phi) is 3.30. The van der Waals surface area contributed by atoms with E-state index < -0.39 is 0 Å². The fourth-order valence-electron chi connectivity index (χ4n) is 0.589. The Morgan fingerprint density at radius 2 is 2.42 bits per heavy atom. The van der Waals surface area contributed by atoms with E-state index in [9.17, 15) is 0 Å². The van der Waals surface area contributed by atoms with E-state index in [0.717, 1.165) is 0 Å². The SMILES string of the molecule is C#CCCNc1ncc(Cl)nn1. The first-order chi connectivity index (χ1) is 5.83. The molecule has 1 rings (SSSR count). The van der Waals surface area contributed by atoms with Crippen LogP contribution in [0.5, 0.6) is 0 Å². The highest BCUT2D eigenvalue weighted by molar-refractivity contribution is 6.29. The Hall–Kier alpha value is -1.34. The quantitative estimate of drug-likeness (QED) is 0.559. The van der Waals surface area contributed by atoms with E-state index in [1.165, 1.54) is 6.20 Å². The molecule has 1 aromatic heterocycles. The molecule has 0 amide bonds. The molecule has 0 radical (unpaired) electrons. The van der Waals surface area contributed by atoms with Crippen molar-refractivity contribution in [3.05, 3.63) is 11.3 Å². The molecule has 12 heavy (non-hydrogen) atoms. The molecule has 0 saturated heterocycles. The van der Waals surface area contributed by atoms with Crippen molar-refractivity contribution in [3.63, 3.8) is 0 Å². The van der Waals surface area contributed by atoms with Gasteiger partial charge in [-0.15, -0.1) is 22.5 Å². The molecule has 0 aromatic carbocycles. The van der Waals surface area contributed by atoms with Gasteiger partial charge in [0.25, 0.3) is 0 Å². The first-order valence-corrected chi connectivity index (χ1v) is 3.73. The second-order valence-corrected chi connectivity index (χ2v) is 2.37. The van der Waals surface area contributed by atoms with Gasteiger partial charge >= 0.3 is 0 Å². The number of aromatic nitrogens is 3. The number of rotatable bonds is 3. The van der Waals surface area contributed by atoms with Crippen LogP contribution in [0.4, 0.5) is 5.95 Å². The van der Waals surface area contributed by atoms with Crippen LogP contribution in [0.15, 0.2) is 6.20 Å². The van der Waals surface area contributed by atoms with Crippen molar-refractivity contribution >= 4 is 17.5 Å². The van der Waals surface area contributed by atoms with Crippen LogP contribution in [0.25, 0.3) is 0 Å². The lowest BCUT2D eigenvalue weighted by Gasteiger charge is -1.98. The van der Waals surface area contributed by atoms with Crippen LogP contribution < -0.4 is 5.32 Å². The number of halogens is 1. The summed E-state index contributed by atoms with van der Waals surface area (Å²) in [6.07, 6.45) is 7.10. The third kappa shape index (κ3) is 2.72. The summed E-state index contributed by atoms with van der Waals surface area (Å²) in [6, 6.07) is 0. The number of hydrogen-bond donors (Lipinski definition) is 1. The maximum absolute atomic E-state index is 5.48. The molecule has 1 heterocycles. The van der Waals surface area contributed by atoms with E-state index in [-0.39, 0.29) is 5.15 Å². The van der Waals surface area contributed by atoms with Crippen LogP contribution in [0.1, 0.15) is 6.42 Å². The highest BCUT2D eigenvalue weighted by Gasteiger charge is 1.94. The van der Waals surface area contributed by atoms with Crippen LogP contribution in [0.2, 0.25) is 5.15 Å². The summed E-state index contributed by atoms with van der Waals surface area (Å²) >= 11 is 5.48. The second kappa shape index (κ2) is 4.52. The predicted octanol–water partition coefficient (Wildman–Crippen LogP) is 0.960. The molecule has 1 aromatic rings. The highest BCUT2D eigenvalue weighted by Crippen LogP contribution is 2.00. The Labute approximate surface area is 75.4 Å². The fourth-order valence-corrected chi connectivity index (χ4v) is 0.675. The minimum Gasteiger partial charge on any atom is -0.352 e. The zero-order valence-corrected chi connectivity index (χ0v) is 7.04. The Bertz CT molecular complexity index is 276. The molecule has 0 fully saturated rings. The van der Waals surface area contributed by atoms with Crippen molar-refractivity contribution < 1.29 is 0 Å². The zero-order chi connectivity index (χ0) is 8.81. The van der Waals surface area contributed by atoms with Gasteiger partial charge in [0, 0.05) is 13.0 Å². The van der Waals surface area contributed by atoms with Gasteiger partial charge in [-0.3, -0.25) is 0 Å². The van der Waals surface area contributed by atoms with Gasteiger partial charge in [0.15, 0.2) is 5.15 Å². The third-order valence-electron chi connectivity index (χ3n) is 1.09. The van der Waals surface area contributed by atoms with Crippen molar-refractivity contribution in [1.82, 2.24) is 15.2 Å². The minimum absolute atomic E-state index is 0.275. The summed E-state index contributed by atoms with van der Waals surface area (Å²) in [6.45, 7) is 0.639. The summed E-state index contributed by atoms with van der Waals surface area (Å²) < 4.78 is 0. The molecule has 0 saturated carbocycles. The maximum atomic E-state index is 5.48. The van der Waals surface area contributed by atoms with E-state index >= 15 is 0 Å². The zero-order valence-electron chi connectivity index (χ0n) is 6.29. The number of hydrogen-bond acceptors (Lipinski definition) is 4. The summed E-state index contributed by atoms with van der Waals surface area (Å²) in [5.74, 6) is 2.92. The predicted molar refractivity (Wildman–Crippen MR) is 46.8 cm³/mol. The van der Waals surface area contributed by atoms with Crippen molar-refractivity contribution in [2.75, 3.05) is 11.9 Å². The van der Waals surface area contributed by atoms with Crippen molar-refractivity contribution in [2.45, 2.75) is 6.42 Å². The summed E-state index contributed by atoms with van der Waals surface area (Å²) in [5.41, 5.74) is 0. The molecule has 4 nitrogen and oxygen atoms in total. The molecule has 0 aliphatic rings. The van der Waals surface area contributed by atoms with Crippen molar-refractivity contribution in [3.8, 4) is 12.3 Å². The number of anilines is 1. The monoisotopic (exact) mass is 182 g/mol. The normalized spacial score (nSPS) is 9.00. The largest absolute Gasteiger partial charge is 0.352 e.